The van der Waals surface area contributed by atoms with Crippen LogP contribution in [0.5, 0.6) is 0 Å². The summed E-state index contributed by atoms with van der Waals surface area (Å²) in [5, 5.41) is 10.7. The number of aromatic nitrogens is 4. The lowest BCUT2D eigenvalue weighted by molar-refractivity contribution is -0.132. The first kappa shape index (κ1) is 20.4. The minimum Gasteiger partial charge on any atom is -0.341 e. The van der Waals surface area contributed by atoms with E-state index in [2.05, 4.69) is 38.6 Å². The molecule has 1 amide bonds. The molecule has 0 N–H and O–H groups in total. The molecule has 3 heterocycles. The van der Waals surface area contributed by atoms with Gasteiger partial charge in [-0.05, 0) is 49.9 Å². The van der Waals surface area contributed by atoms with E-state index >= 15 is 0 Å². The molecule has 6 rings (SSSR count). The van der Waals surface area contributed by atoms with E-state index in [1.54, 1.807) is 0 Å². The predicted molar refractivity (Wildman–Crippen MR) is 130 cm³/mol. The van der Waals surface area contributed by atoms with Gasteiger partial charge in [0.2, 0.25) is 11.9 Å². The Morgan fingerprint density at radius 2 is 1.88 bits per heavy atom. The van der Waals surface area contributed by atoms with Gasteiger partial charge < -0.3 is 9.80 Å². The van der Waals surface area contributed by atoms with Gasteiger partial charge in [-0.1, -0.05) is 35.9 Å². The molecule has 1 aliphatic carbocycles. The van der Waals surface area contributed by atoms with Crippen molar-refractivity contribution in [2.24, 2.45) is 5.92 Å². The molecular formula is C25H25ClN6O. The fourth-order valence-electron chi connectivity index (χ4n) is 4.73. The van der Waals surface area contributed by atoms with Crippen molar-refractivity contribution < 1.29 is 4.79 Å². The summed E-state index contributed by atoms with van der Waals surface area (Å²) in [7, 11) is 0. The third-order valence-corrected chi connectivity index (χ3v) is 6.92. The minimum atomic E-state index is 0.245. The van der Waals surface area contributed by atoms with E-state index in [0.29, 0.717) is 17.5 Å². The van der Waals surface area contributed by atoms with Gasteiger partial charge in [0.25, 0.3) is 0 Å². The summed E-state index contributed by atoms with van der Waals surface area (Å²) in [5.74, 6) is 2.13. The molecule has 2 aromatic carbocycles. The Kier molecular flexibility index (Phi) is 4.94. The van der Waals surface area contributed by atoms with E-state index in [4.69, 9.17) is 16.6 Å². The minimum absolute atomic E-state index is 0.245. The second-order valence-corrected chi connectivity index (χ2v) is 9.45. The van der Waals surface area contributed by atoms with Crippen molar-refractivity contribution in [2.45, 2.75) is 26.2 Å². The van der Waals surface area contributed by atoms with Gasteiger partial charge in [-0.2, -0.15) is 0 Å². The van der Waals surface area contributed by atoms with Gasteiger partial charge in [0, 0.05) is 48.1 Å². The monoisotopic (exact) mass is 460 g/mol. The lowest BCUT2D eigenvalue weighted by atomic mass is 10.1. The number of fused-ring (bicyclic) bond motifs is 3. The van der Waals surface area contributed by atoms with Crippen molar-refractivity contribution in [3.63, 3.8) is 0 Å². The van der Waals surface area contributed by atoms with Crippen molar-refractivity contribution in [1.82, 2.24) is 24.5 Å². The van der Waals surface area contributed by atoms with E-state index in [0.717, 1.165) is 78.3 Å². The van der Waals surface area contributed by atoms with Gasteiger partial charge in [0.15, 0.2) is 11.5 Å². The number of rotatable bonds is 3. The van der Waals surface area contributed by atoms with Crippen LogP contribution >= 0.6 is 11.6 Å². The zero-order valence-electron chi connectivity index (χ0n) is 18.5. The molecule has 4 aromatic rings. The lowest BCUT2D eigenvalue weighted by Gasteiger charge is -2.24. The van der Waals surface area contributed by atoms with E-state index < -0.39 is 0 Å². The van der Waals surface area contributed by atoms with Gasteiger partial charge in [0.05, 0.1) is 5.52 Å². The van der Waals surface area contributed by atoms with E-state index in [9.17, 15) is 4.79 Å². The Morgan fingerprint density at radius 1 is 1.03 bits per heavy atom. The summed E-state index contributed by atoms with van der Waals surface area (Å²) in [6, 6.07) is 13.9. The fourth-order valence-corrected chi connectivity index (χ4v) is 4.90. The zero-order chi connectivity index (χ0) is 22.5. The number of hydrogen-bond acceptors (Lipinski definition) is 5. The highest BCUT2D eigenvalue weighted by atomic mass is 35.5. The smallest absolute Gasteiger partial charge is 0.225 e. The van der Waals surface area contributed by atoms with Crippen molar-refractivity contribution in [3.8, 4) is 11.4 Å². The molecule has 0 radical (unpaired) electrons. The second kappa shape index (κ2) is 7.99. The molecule has 2 aliphatic rings. The maximum absolute atomic E-state index is 12.7. The molecule has 33 heavy (non-hydrogen) atoms. The van der Waals surface area contributed by atoms with Crippen LogP contribution in [0.2, 0.25) is 5.02 Å². The van der Waals surface area contributed by atoms with Crippen LogP contribution in [0.4, 0.5) is 5.95 Å². The summed E-state index contributed by atoms with van der Waals surface area (Å²) in [6.45, 7) is 5.11. The van der Waals surface area contributed by atoms with Crippen LogP contribution in [0, 0.1) is 12.8 Å². The number of aryl methyl sites for hydroxylation is 1. The highest BCUT2D eigenvalue weighted by molar-refractivity contribution is 6.31. The van der Waals surface area contributed by atoms with Crippen molar-refractivity contribution >= 4 is 40.0 Å². The largest absolute Gasteiger partial charge is 0.341 e. The van der Waals surface area contributed by atoms with Gasteiger partial charge in [-0.25, -0.2) is 9.38 Å². The number of anilines is 1. The lowest BCUT2D eigenvalue weighted by Crippen LogP contribution is -2.36. The molecule has 1 saturated heterocycles. The van der Waals surface area contributed by atoms with Crippen LogP contribution in [-0.2, 0) is 4.79 Å². The molecule has 0 bridgehead atoms. The van der Waals surface area contributed by atoms with E-state index in [1.165, 1.54) is 0 Å². The molecule has 7 nitrogen and oxygen atoms in total. The number of carbonyl (C=O) groups excluding carboxylic acids is 1. The average molecular weight is 461 g/mol. The van der Waals surface area contributed by atoms with Crippen molar-refractivity contribution in [3.05, 3.63) is 53.1 Å². The number of nitrogens with zero attached hydrogens (tertiary/aromatic N) is 6. The number of carbonyl (C=O) groups is 1. The molecule has 0 spiro atoms. The Bertz CT molecular complexity index is 1380. The molecular weight excluding hydrogens is 436 g/mol. The van der Waals surface area contributed by atoms with Crippen LogP contribution in [0.25, 0.3) is 27.9 Å². The van der Waals surface area contributed by atoms with Gasteiger partial charge >= 0.3 is 0 Å². The summed E-state index contributed by atoms with van der Waals surface area (Å²) in [4.78, 5) is 22.0. The molecule has 168 valence electrons. The predicted octanol–water partition coefficient (Wildman–Crippen LogP) is 4.36. The first-order valence-electron chi connectivity index (χ1n) is 11.5. The number of benzene rings is 2. The maximum atomic E-state index is 12.7. The van der Waals surface area contributed by atoms with Crippen LogP contribution in [0.15, 0.2) is 42.5 Å². The average Bonchev–Trinajstić information content (AvgIpc) is 3.61. The third kappa shape index (κ3) is 3.60. The SMILES string of the molecule is Cc1ccccc1-c1nnc2c3ccc(Cl)cc3nc(N3CCCN(C(=O)C4CC4)CC3)n12. The zero-order valence-corrected chi connectivity index (χ0v) is 19.3. The van der Waals surface area contributed by atoms with Crippen LogP contribution in [0.3, 0.4) is 0 Å². The number of hydrogen-bond donors (Lipinski definition) is 0. The Balaban J connectivity index is 1.49. The first-order chi connectivity index (χ1) is 16.1. The number of halogens is 1. The van der Waals surface area contributed by atoms with Crippen LogP contribution in [0.1, 0.15) is 24.8 Å². The van der Waals surface area contributed by atoms with E-state index in [-0.39, 0.29) is 5.92 Å². The summed E-state index contributed by atoms with van der Waals surface area (Å²) < 4.78 is 2.07. The first-order valence-corrected chi connectivity index (χ1v) is 11.9. The van der Waals surface area contributed by atoms with Crippen molar-refractivity contribution in [2.75, 3.05) is 31.1 Å². The van der Waals surface area contributed by atoms with Crippen molar-refractivity contribution in [1.29, 1.82) is 0 Å². The topological polar surface area (TPSA) is 66.6 Å². The highest BCUT2D eigenvalue weighted by Crippen LogP contribution is 2.33. The molecule has 2 aromatic heterocycles. The summed E-state index contributed by atoms with van der Waals surface area (Å²) in [6.07, 6.45) is 2.97. The summed E-state index contributed by atoms with van der Waals surface area (Å²) >= 11 is 6.30. The van der Waals surface area contributed by atoms with Gasteiger partial charge in [-0.15, -0.1) is 10.2 Å². The molecule has 1 aliphatic heterocycles. The Labute approximate surface area is 197 Å². The quantitative estimate of drug-likeness (QED) is 0.454. The van der Waals surface area contributed by atoms with Crippen LogP contribution in [-0.4, -0.2) is 56.6 Å². The molecule has 2 fully saturated rings. The molecule has 0 unspecified atom stereocenters. The second-order valence-electron chi connectivity index (χ2n) is 9.01. The highest BCUT2D eigenvalue weighted by Gasteiger charge is 2.34. The van der Waals surface area contributed by atoms with Crippen LogP contribution < -0.4 is 4.90 Å². The Hall–Kier alpha value is -3.19. The standard InChI is InChI=1S/C25H25ClN6O/c1-16-5-2-3-6-19(16)22-28-29-23-20-10-9-18(26)15-21(20)27-25(32(22)23)31-12-4-11-30(13-14-31)24(33)17-7-8-17/h2-3,5-6,9-10,15,17H,4,7-8,11-14H2,1H3. The normalized spacial score (nSPS) is 17.0. The Morgan fingerprint density at radius 3 is 2.70 bits per heavy atom. The van der Waals surface area contributed by atoms with Gasteiger partial charge in [0.1, 0.15) is 0 Å². The maximum Gasteiger partial charge on any atom is 0.225 e. The fraction of sp³-hybridized carbons (Fsp3) is 0.360. The van der Waals surface area contributed by atoms with E-state index in [1.807, 2.05) is 35.2 Å². The number of amides is 1. The molecule has 8 heteroatoms. The molecule has 0 atom stereocenters. The molecule has 1 saturated carbocycles. The third-order valence-electron chi connectivity index (χ3n) is 6.69. The summed E-state index contributed by atoms with van der Waals surface area (Å²) in [5.41, 5.74) is 3.72. The van der Waals surface area contributed by atoms with Gasteiger partial charge in [-0.3, -0.25) is 4.79 Å².